The van der Waals surface area contributed by atoms with Gasteiger partial charge in [-0.1, -0.05) is 43.5 Å². The molecule has 35 heavy (non-hydrogen) atoms. The van der Waals surface area contributed by atoms with Gasteiger partial charge in [0, 0.05) is 42.8 Å². The standard InChI is InChI=1S/C27H30FN5O2/c1-31-15-14-20(30-31)17-29-18-25(34)33(22-11-7-8-19(28)16-22)26-23-12-5-6-13-24(23)32(27(26)35)21-9-3-2-4-10-21/h5-8,11-16,21,26,29H,2-4,9-10,17-18H2,1H3. The molecule has 0 saturated heterocycles. The molecule has 1 unspecified atom stereocenters. The summed E-state index contributed by atoms with van der Waals surface area (Å²) in [6, 6.07) is 14.7. The summed E-state index contributed by atoms with van der Waals surface area (Å²) in [4.78, 5) is 30.9. The van der Waals surface area contributed by atoms with Crippen molar-refractivity contribution >= 4 is 23.2 Å². The number of nitrogens with zero attached hydrogens (tertiary/aromatic N) is 4. The maximum absolute atomic E-state index is 14.3. The molecule has 2 aliphatic rings. The van der Waals surface area contributed by atoms with Crippen LogP contribution in [0.25, 0.3) is 0 Å². The number of hydrogen-bond donors (Lipinski definition) is 1. The number of carbonyl (C=O) groups excluding carboxylic acids is 2. The Morgan fingerprint density at radius 3 is 2.66 bits per heavy atom. The van der Waals surface area contributed by atoms with Crippen molar-refractivity contribution in [3.8, 4) is 0 Å². The molecule has 182 valence electrons. The summed E-state index contributed by atoms with van der Waals surface area (Å²) in [5.41, 5.74) is 2.81. The molecule has 2 heterocycles. The monoisotopic (exact) mass is 475 g/mol. The normalized spacial score (nSPS) is 18.1. The molecule has 1 aliphatic heterocycles. The number of rotatable bonds is 7. The first-order valence-electron chi connectivity index (χ1n) is 12.2. The number of amides is 2. The number of nitrogens with one attached hydrogen (secondary N) is 1. The van der Waals surface area contributed by atoms with E-state index in [9.17, 15) is 14.0 Å². The maximum atomic E-state index is 14.3. The maximum Gasteiger partial charge on any atom is 0.255 e. The van der Waals surface area contributed by atoms with Crippen LogP contribution in [0.5, 0.6) is 0 Å². The summed E-state index contributed by atoms with van der Waals surface area (Å²) in [6.45, 7) is 0.398. The minimum Gasteiger partial charge on any atom is -0.307 e. The lowest BCUT2D eigenvalue weighted by Gasteiger charge is -2.33. The number of para-hydroxylation sites is 1. The molecule has 1 aliphatic carbocycles. The van der Waals surface area contributed by atoms with E-state index < -0.39 is 11.9 Å². The van der Waals surface area contributed by atoms with Gasteiger partial charge in [-0.05, 0) is 43.2 Å². The van der Waals surface area contributed by atoms with Crippen molar-refractivity contribution < 1.29 is 14.0 Å². The molecule has 0 bridgehead atoms. The molecule has 1 saturated carbocycles. The van der Waals surface area contributed by atoms with E-state index in [4.69, 9.17) is 0 Å². The first kappa shape index (κ1) is 23.2. The molecular weight excluding hydrogens is 445 g/mol. The van der Waals surface area contributed by atoms with Crippen LogP contribution < -0.4 is 15.1 Å². The first-order valence-corrected chi connectivity index (χ1v) is 12.2. The van der Waals surface area contributed by atoms with Crippen molar-refractivity contribution in [3.05, 3.63) is 77.9 Å². The molecule has 2 amide bonds. The number of aryl methyl sites for hydroxylation is 1. The Labute approximate surface area is 204 Å². The second-order valence-corrected chi connectivity index (χ2v) is 9.29. The Morgan fingerprint density at radius 1 is 1.11 bits per heavy atom. The molecule has 0 radical (unpaired) electrons. The van der Waals surface area contributed by atoms with Crippen LogP contribution in [-0.2, 0) is 23.2 Å². The van der Waals surface area contributed by atoms with Crippen molar-refractivity contribution in [2.24, 2.45) is 7.05 Å². The summed E-state index contributed by atoms with van der Waals surface area (Å²) in [5.74, 6) is -0.879. The summed E-state index contributed by atoms with van der Waals surface area (Å²) < 4.78 is 16.0. The van der Waals surface area contributed by atoms with Crippen LogP contribution in [0.15, 0.2) is 60.8 Å². The number of carbonyl (C=O) groups is 2. The molecule has 5 rings (SSSR count). The zero-order valence-electron chi connectivity index (χ0n) is 19.9. The third-order valence-corrected chi connectivity index (χ3v) is 6.87. The Morgan fingerprint density at radius 2 is 1.91 bits per heavy atom. The van der Waals surface area contributed by atoms with Gasteiger partial charge >= 0.3 is 0 Å². The minimum absolute atomic E-state index is 0.0114. The number of halogens is 1. The van der Waals surface area contributed by atoms with Crippen molar-refractivity contribution in [1.82, 2.24) is 15.1 Å². The number of hydrogen-bond acceptors (Lipinski definition) is 4. The van der Waals surface area contributed by atoms with Crippen LogP contribution in [-0.4, -0.2) is 34.2 Å². The van der Waals surface area contributed by atoms with Crippen molar-refractivity contribution in [1.29, 1.82) is 0 Å². The second-order valence-electron chi connectivity index (χ2n) is 9.29. The van der Waals surface area contributed by atoms with Crippen LogP contribution in [0.1, 0.15) is 49.4 Å². The lowest BCUT2D eigenvalue weighted by atomic mass is 9.94. The van der Waals surface area contributed by atoms with E-state index in [1.807, 2.05) is 48.5 Å². The number of benzene rings is 2. The van der Waals surface area contributed by atoms with E-state index in [2.05, 4.69) is 10.4 Å². The van der Waals surface area contributed by atoms with Crippen molar-refractivity contribution in [3.63, 3.8) is 0 Å². The fraction of sp³-hybridized carbons (Fsp3) is 0.370. The van der Waals surface area contributed by atoms with Gasteiger partial charge in [0.05, 0.1) is 12.2 Å². The van der Waals surface area contributed by atoms with Crippen molar-refractivity contribution in [2.75, 3.05) is 16.3 Å². The van der Waals surface area contributed by atoms with Crippen LogP contribution in [0.3, 0.4) is 0 Å². The van der Waals surface area contributed by atoms with Gasteiger partial charge in [0.1, 0.15) is 11.9 Å². The lowest BCUT2D eigenvalue weighted by Crippen LogP contribution is -2.47. The van der Waals surface area contributed by atoms with Crippen LogP contribution in [0.4, 0.5) is 15.8 Å². The van der Waals surface area contributed by atoms with Gasteiger partial charge in [-0.3, -0.25) is 19.2 Å². The average molecular weight is 476 g/mol. The van der Waals surface area contributed by atoms with Crippen LogP contribution in [0.2, 0.25) is 0 Å². The summed E-state index contributed by atoms with van der Waals surface area (Å²) in [5, 5.41) is 7.45. The molecule has 8 heteroatoms. The van der Waals surface area contributed by atoms with Gasteiger partial charge in [0.25, 0.3) is 5.91 Å². The molecule has 1 fully saturated rings. The summed E-state index contributed by atoms with van der Waals surface area (Å²) in [6.07, 6.45) is 7.10. The molecule has 3 aromatic rings. The van der Waals surface area contributed by atoms with E-state index in [0.717, 1.165) is 42.6 Å². The molecular formula is C27H30FN5O2. The summed E-state index contributed by atoms with van der Waals surface area (Å²) >= 11 is 0. The molecule has 1 N–H and O–H groups in total. The molecule has 1 aromatic heterocycles. The fourth-order valence-electron chi connectivity index (χ4n) is 5.29. The third-order valence-electron chi connectivity index (χ3n) is 6.87. The third kappa shape index (κ3) is 4.71. The quantitative estimate of drug-likeness (QED) is 0.559. The SMILES string of the molecule is Cn1ccc(CNCC(=O)N(c2cccc(F)c2)C2C(=O)N(C3CCCCC3)c3ccccc32)n1. The highest BCUT2D eigenvalue weighted by Gasteiger charge is 2.45. The van der Waals surface area contributed by atoms with E-state index in [1.165, 1.54) is 23.5 Å². The second kappa shape index (κ2) is 10.00. The van der Waals surface area contributed by atoms with Gasteiger partial charge in [-0.15, -0.1) is 0 Å². The van der Waals surface area contributed by atoms with Gasteiger partial charge in [0.2, 0.25) is 5.91 Å². The average Bonchev–Trinajstić information content (AvgIpc) is 3.40. The molecule has 1 atom stereocenters. The predicted octanol–water partition coefficient (Wildman–Crippen LogP) is 4.10. The van der Waals surface area contributed by atoms with Crippen LogP contribution >= 0.6 is 0 Å². The first-order chi connectivity index (χ1) is 17.0. The largest absolute Gasteiger partial charge is 0.307 e. The predicted molar refractivity (Wildman–Crippen MR) is 132 cm³/mol. The topological polar surface area (TPSA) is 70.5 Å². The zero-order valence-corrected chi connectivity index (χ0v) is 19.9. The molecule has 0 spiro atoms. The fourth-order valence-corrected chi connectivity index (χ4v) is 5.29. The number of aromatic nitrogens is 2. The van der Waals surface area contributed by atoms with E-state index in [0.29, 0.717) is 12.2 Å². The highest BCUT2D eigenvalue weighted by molar-refractivity contribution is 6.12. The minimum atomic E-state index is -0.834. The molecule has 2 aromatic carbocycles. The molecule has 7 nitrogen and oxygen atoms in total. The van der Waals surface area contributed by atoms with Gasteiger partial charge < -0.3 is 10.2 Å². The van der Waals surface area contributed by atoms with Gasteiger partial charge in [-0.25, -0.2) is 4.39 Å². The zero-order chi connectivity index (χ0) is 24.4. The number of anilines is 2. The Kier molecular flexibility index (Phi) is 6.63. The van der Waals surface area contributed by atoms with Gasteiger partial charge in [0.15, 0.2) is 0 Å². The number of fused-ring (bicyclic) bond motifs is 1. The Bertz CT molecular complexity index is 1220. The highest BCUT2D eigenvalue weighted by atomic mass is 19.1. The highest BCUT2D eigenvalue weighted by Crippen LogP contribution is 2.44. The summed E-state index contributed by atoms with van der Waals surface area (Å²) in [7, 11) is 1.83. The van der Waals surface area contributed by atoms with Crippen LogP contribution in [0, 0.1) is 5.82 Å². The Hall–Kier alpha value is -3.52. The van der Waals surface area contributed by atoms with E-state index >= 15 is 0 Å². The smallest absolute Gasteiger partial charge is 0.255 e. The van der Waals surface area contributed by atoms with Crippen molar-refractivity contribution in [2.45, 2.75) is 50.7 Å². The van der Waals surface area contributed by atoms with Gasteiger partial charge in [-0.2, -0.15) is 5.10 Å². The Balaban J connectivity index is 1.47. The van der Waals surface area contributed by atoms with E-state index in [1.54, 1.807) is 16.8 Å². The lowest BCUT2D eigenvalue weighted by molar-refractivity contribution is -0.124. The van der Waals surface area contributed by atoms with E-state index in [-0.39, 0.29) is 24.4 Å².